The standard InChI is InChI=1S/C59H35N3/c1-2-11-36(12-3-1)52-31-27-37-21-22-38-28-32-53(61-59(38)58(37)60-52)43-26-30-46-42(35-43)24-23-41-33-40(25-29-45(41)46)39-13-10-14-44(34-39)57-56-50-18-7-5-16-48(50)47-15-4-6-17-49(47)55(56)51-19-8-9-20-54(51)62-57/h1-35H. The van der Waals surface area contributed by atoms with Gasteiger partial charge in [0.2, 0.25) is 0 Å². The number of fused-ring (bicyclic) bond motifs is 14. The Kier molecular flexibility index (Phi) is 7.60. The molecule has 0 aliphatic carbocycles. The molecular weight excluding hydrogens is 751 g/mol. The highest BCUT2D eigenvalue weighted by atomic mass is 14.8. The van der Waals surface area contributed by atoms with Crippen LogP contribution in [0, 0.1) is 0 Å². The maximum absolute atomic E-state index is 5.41. The second-order valence-corrected chi connectivity index (χ2v) is 16.3. The molecule has 13 aromatic rings. The Morgan fingerprint density at radius 2 is 0.726 bits per heavy atom. The third-order valence-corrected chi connectivity index (χ3v) is 12.8. The van der Waals surface area contributed by atoms with Crippen LogP contribution in [0.15, 0.2) is 212 Å². The normalized spacial score (nSPS) is 11.9. The van der Waals surface area contributed by atoms with Crippen LogP contribution in [0.4, 0.5) is 0 Å². The van der Waals surface area contributed by atoms with E-state index >= 15 is 0 Å². The first kappa shape index (κ1) is 34.6. The summed E-state index contributed by atoms with van der Waals surface area (Å²) in [7, 11) is 0. The van der Waals surface area contributed by atoms with Crippen LogP contribution in [-0.2, 0) is 0 Å². The minimum absolute atomic E-state index is 0.916. The maximum atomic E-state index is 5.41. The fraction of sp³-hybridized carbons (Fsp3) is 0. The average molecular weight is 786 g/mol. The summed E-state index contributed by atoms with van der Waals surface area (Å²) in [5, 5.41) is 15.6. The van der Waals surface area contributed by atoms with Gasteiger partial charge in [-0.15, -0.1) is 0 Å². The molecule has 0 aliphatic heterocycles. The predicted octanol–water partition coefficient (Wildman–Crippen LogP) is 15.8. The van der Waals surface area contributed by atoms with Gasteiger partial charge < -0.3 is 0 Å². The lowest BCUT2D eigenvalue weighted by Gasteiger charge is -2.16. The van der Waals surface area contributed by atoms with Crippen molar-refractivity contribution in [3.05, 3.63) is 212 Å². The topological polar surface area (TPSA) is 38.7 Å². The molecule has 0 aliphatic rings. The Balaban J connectivity index is 0.901. The van der Waals surface area contributed by atoms with E-state index in [0.717, 1.165) is 66.7 Å². The SMILES string of the molecule is c1ccc(-c2ccc3ccc4ccc(-c5ccc6c(ccc7cc(-c8cccc(-c9nc%10ccccc%10c%10c%11ccccc%11c%11ccccc%11c9%10)c8)ccc76)c5)nc4c3n2)cc1. The van der Waals surface area contributed by atoms with Crippen LogP contribution >= 0.6 is 0 Å². The van der Waals surface area contributed by atoms with Crippen molar-refractivity contribution in [3.8, 4) is 44.9 Å². The molecule has 0 amide bonds. The Hall–Kier alpha value is -8.27. The molecule has 13 rings (SSSR count). The monoisotopic (exact) mass is 785 g/mol. The highest BCUT2D eigenvalue weighted by Gasteiger charge is 2.18. The highest BCUT2D eigenvalue weighted by Crippen LogP contribution is 2.43. The van der Waals surface area contributed by atoms with Gasteiger partial charge in [-0.05, 0) is 90.6 Å². The Morgan fingerprint density at radius 3 is 1.42 bits per heavy atom. The first-order chi connectivity index (χ1) is 30.7. The van der Waals surface area contributed by atoms with Crippen LogP contribution in [0.2, 0.25) is 0 Å². The van der Waals surface area contributed by atoms with Crippen molar-refractivity contribution in [1.29, 1.82) is 0 Å². The van der Waals surface area contributed by atoms with Gasteiger partial charge in [0.15, 0.2) is 0 Å². The molecule has 3 heteroatoms. The quantitative estimate of drug-likeness (QED) is 0.167. The van der Waals surface area contributed by atoms with E-state index in [0.29, 0.717) is 0 Å². The summed E-state index contributed by atoms with van der Waals surface area (Å²) in [4.78, 5) is 15.8. The molecule has 0 bridgehead atoms. The Labute approximate surface area is 357 Å². The van der Waals surface area contributed by atoms with Crippen molar-refractivity contribution in [2.24, 2.45) is 0 Å². The molecule has 0 fully saturated rings. The lowest BCUT2D eigenvalue weighted by molar-refractivity contribution is 1.37. The van der Waals surface area contributed by atoms with E-state index in [-0.39, 0.29) is 0 Å². The molecule has 62 heavy (non-hydrogen) atoms. The van der Waals surface area contributed by atoms with E-state index < -0.39 is 0 Å². The second kappa shape index (κ2) is 13.6. The zero-order chi connectivity index (χ0) is 40.7. The Bertz CT molecular complexity index is 3980. The van der Waals surface area contributed by atoms with E-state index in [9.17, 15) is 0 Å². The van der Waals surface area contributed by atoms with E-state index in [4.69, 9.17) is 15.0 Å². The molecule has 0 saturated carbocycles. The van der Waals surface area contributed by atoms with Crippen molar-refractivity contribution >= 4 is 86.6 Å². The van der Waals surface area contributed by atoms with Crippen molar-refractivity contribution in [2.75, 3.05) is 0 Å². The third kappa shape index (κ3) is 5.42. The van der Waals surface area contributed by atoms with E-state index in [2.05, 4.69) is 206 Å². The Morgan fingerprint density at radius 1 is 0.242 bits per heavy atom. The van der Waals surface area contributed by atoms with E-state index in [1.54, 1.807) is 0 Å². The molecule has 0 saturated heterocycles. The molecule has 0 radical (unpaired) electrons. The minimum Gasteiger partial charge on any atom is -0.247 e. The van der Waals surface area contributed by atoms with Crippen molar-refractivity contribution in [3.63, 3.8) is 0 Å². The van der Waals surface area contributed by atoms with Gasteiger partial charge in [-0.2, -0.15) is 0 Å². The smallest absolute Gasteiger partial charge is 0.0972 e. The van der Waals surface area contributed by atoms with Gasteiger partial charge in [-0.1, -0.05) is 176 Å². The zero-order valence-electron chi connectivity index (χ0n) is 33.5. The summed E-state index contributed by atoms with van der Waals surface area (Å²) in [6.07, 6.45) is 0. The molecule has 0 N–H and O–H groups in total. The number of hydrogen-bond donors (Lipinski definition) is 0. The fourth-order valence-electron chi connectivity index (χ4n) is 9.79. The first-order valence-corrected chi connectivity index (χ1v) is 21.2. The van der Waals surface area contributed by atoms with Crippen LogP contribution in [0.3, 0.4) is 0 Å². The van der Waals surface area contributed by atoms with Crippen LogP contribution in [-0.4, -0.2) is 15.0 Å². The van der Waals surface area contributed by atoms with Crippen molar-refractivity contribution in [2.45, 2.75) is 0 Å². The summed E-state index contributed by atoms with van der Waals surface area (Å²) in [6, 6.07) is 76.3. The summed E-state index contributed by atoms with van der Waals surface area (Å²) in [5.74, 6) is 0. The summed E-state index contributed by atoms with van der Waals surface area (Å²) >= 11 is 0. The number of benzene rings is 10. The molecule has 0 unspecified atom stereocenters. The lowest BCUT2D eigenvalue weighted by atomic mass is 9.89. The van der Waals surface area contributed by atoms with Crippen molar-refractivity contribution < 1.29 is 0 Å². The number of hydrogen-bond acceptors (Lipinski definition) is 3. The molecule has 286 valence electrons. The number of para-hydroxylation sites is 1. The number of rotatable bonds is 4. The molecule has 3 aromatic heterocycles. The zero-order valence-corrected chi connectivity index (χ0v) is 33.5. The van der Waals surface area contributed by atoms with E-state index in [1.165, 1.54) is 64.8 Å². The molecule has 3 nitrogen and oxygen atoms in total. The molecule has 10 aromatic carbocycles. The number of pyridine rings is 3. The summed E-state index contributed by atoms with van der Waals surface area (Å²) < 4.78 is 0. The molecular formula is C59H35N3. The van der Waals surface area contributed by atoms with Crippen LogP contribution in [0.5, 0.6) is 0 Å². The largest absolute Gasteiger partial charge is 0.247 e. The van der Waals surface area contributed by atoms with Gasteiger partial charge in [0.05, 0.1) is 33.6 Å². The second-order valence-electron chi connectivity index (χ2n) is 16.3. The van der Waals surface area contributed by atoms with Gasteiger partial charge in [0.25, 0.3) is 0 Å². The number of nitrogens with zero attached hydrogens (tertiary/aromatic N) is 3. The van der Waals surface area contributed by atoms with Gasteiger partial charge in [-0.3, -0.25) is 0 Å². The first-order valence-electron chi connectivity index (χ1n) is 21.2. The van der Waals surface area contributed by atoms with Crippen molar-refractivity contribution in [1.82, 2.24) is 15.0 Å². The van der Waals surface area contributed by atoms with Gasteiger partial charge in [0.1, 0.15) is 0 Å². The predicted molar refractivity (Wildman–Crippen MR) is 262 cm³/mol. The number of aromatic nitrogens is 3. The molecule has 0 atom stereocenters. The lowest BCUT2D eigenvalue weighted by Crippen LogP contribution is -1.93. The van der Waals surface area contributed by atoms with Crippen LogP contribution in [0.1, 0.15) is 0 Å². The van der Waals surface area contributed by atoms with Gasteiger partial charge in [0, 0.05) is 43.6 Å². The van der Waals surface area contributed by atoms with Crippen LogP contribution < -0.4 is 0 Å². The third-order valence-electron chi connectivity index (χ3n) is 12.8. The summed E-state index contributed by atoms with van der Waals surface area (Å²) in [6.45, 7) is 0. The fourth-order valence-corrected chi connectivity index (χ4v) is 9.79. The van der Waals surface area contributed by atoms with Crippen LogP contribution in [0.25, 0.3) is 131 Å². The molecule has 3 heterocycles. The maximum Gasteiger partial charge on any atom is 0.0972 e. The molecule has 0 spiro atoms. The van der Waals surface area contributed by atoms with E-state index in [1.807, 2.05) is 6.07 Å². The average Bonchev–Trinajstić information content (AvgIpc) is 3.35. The minimum atomic E-state index is 0.916. The summed E-state index contributed by atoms with van der Waals surface area (Å²) in [5.41, 5.74) is 11.3. The van der Waals surface area contributed by atoms with Gasteiger partial charge in [-0.25, -0.2) is 15.0 Å². The highest BCUT2D eigenvalue weighted by molar-refractivity contribution is 6.33. The van der Waals surface area contributed by atoms with Gasteiger partial charge >= 0.3 is 0 Å².